The summed E-state index contributed by atoms with van der Waals surface area (Å²) in [5.41, 5.74) is 0. The molecule has 0 atom stereocenters. The molecule has 0 saturated heterocycles. The van der Waals surface area contributed by atoms with E-state index in [1.807, 2.05) is 0 Å². The van der Waals surface area contributed by atoms with Gasteiger partial charge in [0.15, 0.2) is 0 Å². The predicted octanol–water partition coefficient (Wildman–Crippen LogP) is 19.3. The van der Waals surface area contributed by atoms with E-state index in [1.54, 1.807) is 0 Å². The van der Waals surface area contributed by atoms with Crippen molar-refractivity contribution in [2.45, 2.75) is 225 Å². The summed E-state index contributed by atoms with van der Waals surface area (Å²) in [6, 6.07) is 0. The van der Waals surface area contributed by atoms with Crippen LogP contribution >= 0.6 is 0 Å². The highest BCUT2D eigenvalue weighted by Crippen LogP contribution is 2.10. The zero-order valence-electron chi connectivity index (χ0n) is 33.7. The molecule has 0 aromatic rings. The molecule has 0 heteroatoms. The van der Waals surface area contributed by atoms with Crippen molar-refractivity contribution in [3.05, 3.63) is 48.6 Å². The fourth-order valence-electron chi connectivity index (χ4n) is 4.05. The van der Waals surface area contributed by atoms with Gasteiger partial charge in [-0.05, 0) is 98.7 Å². The molecular formula is C49H108. The summed E-state index contributed by atoms with van der Waals surface area (Å²) >= 11 is 0. The standard InChI is InChI=1S/4C11H22.5CH4/c4*1-10(2)8-6-5-7-9-11(3)4;;;;;/h4*6,8,10-11H,5,7,9H2,1-4H3;5*1H4/b4*8-6-;;;;;. The molecule has 0 heterocycles. The minimum atomic E-state index is 0. The smallest absolute Gasteiger partial charge is 0.0290 e. The number of unbranched alkanes of at least 4 members (excludes halogenated alkanes) is 4. The third kappa shape index (κ3) is 99.0. The molecule has 0 radical (unpaired) electrons. The van der Waals surface area contributed by atoms with E-state index in [1.165, 1.54) is 77.0 Å². The summed E-state index contributed by atoms with van der Waals surface area (Å²) < 4.78 is 0. The first kappa shape index (κ1) is 69.7. The van der Waals surface area contributed by atoms with Crippen molar-refractivity contribution >= 4 is 0 Å². The van der Waals surface area contributed by atoms with Crippen molar-refractivity contribution in [2.24, 2.45) is 47.3 Å². The second kappa shape index (κ2) is 53.7. The van der Waals surface area contributed by atoms with Gasteiger partial charge >= 0.3 is 0 Å². The predicted molar refractivity (Wildman–Crippen MR) is 244 cm³/mol. The Labute approximate surface area is 320 Å². The van der Waals surface area contributed by atoms with Gasteiger partial charge in [-0.3, -0.25) is 0 Å². The van der Waals surface area contributed by atoms with Crippen LogP contribution < -0.4 is 0 Å². The van der Waals surface area contributed by atoms with Crippen LogP contribution in [0.15, 0.2) is 48.6 Å². The first-order valence-electron chi connectivity index (χ1n) is 19.2. The van der Waals surface area contributed by atoms with Crippen LogP contribution in [0, 0.1) is 47.3 Å². The molecule has 0 aromatic carbocycles. The molecule has 0 rings (SSSR count). The number of hydrogen-bond donors (Lipinski definition) is 0. The van der Waals surface area contributed by atoms with Gasteiger partial charge in [0.1, 0.15) is 0 Å². The van der Waals surface area contributed by atoms with E-state index in [9.17, 15) is 0 Å². The molecule has 0 aliphatic carbocycles. The minimum Gasteiger partial charge on any atom is -0.0883 e. The summed E-state index contributed by atoms with van der Waals surface area (Å²) in [6.07, 6.45) is 34.3. The zero-order valence-corrected chi connectivity index (χ0v) is 33.7. The van der Waals surface area contributed by atoms with Gasteiger partial charge in [0.05, 0.1) is 0 Å². The maximum Gasteiger partial charge on any atom is -0.0290 e. The van der Waals surface area contributed by atoms with Gasteiger partial charge in [-0.1, -0.05) is 222 Å². The Morgan fingerprint density at radius 2 is 0.408 bits per heavy atom. The van der Waals surface area contributed by atoms with Gasteiger partial charge in [-0.15, -0.1) is 0 Å². The van der Waals surface area contributed by atoms with E-state index >= 15 is 0 Å². The number of allylic oxidation sites excluding steroid dienone is 8. The normalized spacial score (nSPS) is 10.9. The topological polar surface area (TPSA) is 0 Å². The maximum absolute atomic E-state index is 2.31. The third-order valence-corrected chi connectivity index (χ3v) is 6.69. The van der Waals surface area contributed by atoms with E-state index < -0.39 is 0 Å². The molecule has 0 bridgehead atoms. The Kier molecular flexibility index (Phi) is 76.4. The molecule has 49 heavy (non-hydrogen) atoms. The summed E-state index contributed by atoms with van der Waals surface area (Å²) in [6.45, 7) is 36.0. The Hall–Kier alpha value is -1.04. The largest absolute Gasteiger partial charge is 0.0883 e. The van der Waals surface area contributed by atoms with Gasteiger partial charge in [-0.2, -0.15) is 0 Å². The lowest BCUT2D eigenvalue weighted by atomic mass is 10.1. The molecule has 0 aliphatic heterocycles. The van der Waals surface area contributed by atoms with Crippen LogP contribution in [0.2, 0.25) is 0 Å². The second-order valence-electron chi connectivity index (χ2n) is 16.0. The highest BCUT2D eigenvalue weighted by Gasteiger charge is 1.94. The van der Waals surface area contributed by atoms with E-state index in [0.29, 0.717) is 23.7 Å². The average molecular weight is 697 g/mol. The molecular weight excluding hydrogens is 589 g/mol. The molecule has 0 aromatic heterocycles. The van der Waals surface area contributed by atoms with Crippen LogP contribution in [-0.2, 0) is 0 Å². The SMILES string of the molecule is C.C.C.C.C.CC(C)/C=C\CCCC(C)C.CC(C)/C=C\CCCC(C)C.CC(C)/C=C\CCCC(C)C.CC(C)/C=C\CCCC(C)C. The van der Waals surface area contributed by atoms with E-state index in [2.05, 4.69) is 159 Å². The quantitative estimate of drug-likeness (QED) is 0.0878. The van der Waals surface area contributed by atoms with Crippen molar-refractivity contribution < 1.29 is 0 Å². The third-order valence-electron chi connectivity index (χ3n) is 6.69. The molecule has 0 spiro atoms. The Bertz CT molecular complexity index is 506. The fraction of sp³-hybridized carbons (Fsp3) is 0.837. The Morgan fingerprint density at radius 3 is 0.510 bits per heavy atom. The van der Waals surface area contributed by atoms with Crippen molar-refractivity contribution in [1.82, 2.24) is 0 Å². The number of hydrogen-bond acceptors (Lipinski definition) is 0. The highest BCUT2D eigenvalue weighted by molar-refractivity contribution is 4.86. The van der Waals surface area contributed by atoms with Gasteiger partial charge in [-0.25, -0.2) is 0 Å². The van der Waals surface area contributed by atoms with Crippen molar-refractivity contribution in [3.8, 4) is 0 Å². The summed E-state index contributed by atoms with van der Waals surface area (Å²) in [5.74, 6) is 6.32. The molecule has 0 aliphatic rings. The van der Waals surface area contributed by atoms with Crippen molar-refractivity contribution in [3.63, 3.8) is 0 Å². The van der Waals surface area contributed by atoms with Crippen LogP contribution in [0.3, 0.4) is 0 Å². The molecule has 0 nitrogen and oxygen atoms in total. The Balaban J connectivity index is -0.0000000602. The molecule has 0 amide bonds. The summed E-state index contributed by atoms with van der Waals surface area (Å²) in [4.78, 5) is 0. The molecule has 304 valence electrons. The lowest BCUT2D eigenvalue weighted by molar-refractivity contribution is 0.559. The zero-order chi connectivity index (χ0) is 34.8. The van der Waals surface area contributed by atoms with Crippen molar-refractivity contribution in [2.75, 3.05) is 0 Å². The van der Waals surface area contributed by atoms with Crippen LogP contribution in [0.1, 0.15) is 225 Å². The van der Waals surface area contributed by atoms with E-state index in [4.69, 9.17) is 0 Å². The monoisotopic (exact) mass is 697 g/mol. The fourth-order valence-corrected chi connectivity index (χ4v) is 4.05. The van der Waals surface area contributed by atoms with Crippen LogP contribution in [0.4, 0.5) is 0 Å². The van der Waals surface area contributed by atoms with Gasteiger partial charge in [0.2, 0.25) is 0 Å². The van der Waals surface area contributed by atoms with Gasteiger partial charge in [0.25, 0.3) is 0 Å². The van der Waals surface area contributed by atoms with Crippen molar-refractivity contribution in [1.29, 1.82) is 0 Å². The summed E-state index contributed by atoms with van der Waals surface area (Å²) in [7, 11) is 0. The van der Waals surface area contributed by atoms with Crippen LogP contribution in [0.5, 0.6) is 0 Å². The first-order valence-corrected chi connectivity index (χ1v) is 19.2. The van der Waals surface area contributed by atoms with Gasteiger partial charge < -0.3 is 0 Å². The maximum atomic E-state index is 2.31. The number of rotatable bonds is 20. The van der Waals surface area contributed by atoms with Crippen LogP contribution in [0.25, 0.3) is 0 Å². The first-order chi connectivity index (χ1) is 20.5. The second-order valence-corrected chi connectivity index (χ2v) is 16.0. The van der Waals surface area contributed by atoms with E-state index in [0.717, 1.165) is 23.7 Å². The van der Waals surface area contributed by atoms with E-state index in [-0.39, 0.29) is 37.1 Å². The lowest BCUT2D eigenvalue weighted by Gasteiger charge is -2.00. The summed E-state index contributed by atoms with van der Waals surface area (Å²) in [5, 5.41) is 0. The highest BCUT2D eigenvalue weighted by atomic mass is 14.0. The molecule has 0 unspecified atom stereocenters. The molecule has 0 saturated carbocycles. The van der Waals surface area contributed by atoms with Gasteiger partial charge in [0, 0.05) is 0 Å². The Morgan fingerprint density at radius 1 is 0.265 bits per heavy atom. The lowest BCUT2D eigenvalue weighted by Crippen LogP contribution is -1.85. The minimum absolute atomic E-state index is 0. The average Bonchev–Trinajstić information content (AvgIpc) is 2.87. The molecule has 0 N–H and O–H groups in total. The molecule has 0 fully saturated rings. The van der Waals surface area contributed by atoms with Crippen LogP contribution in [-0.4, -0.2) is 0 Å².